The average Bonchev–Trinajstić information content (AvgIpc) is 3.40. The summed E-state index contributed by atoms with van der Waals surface area (Å²) in [5, 5.41) is 9.30. The molecule has 2 amide bonds. The molecule has 3 rings (SSSR count). The van der Waals surface area contributed by atoms with Crippen LogP contribution in [0.15, 0.2) is 71.8 Å². The molecule has 0 aromatic heterocycles. The molecule has 1 heterocycles. The fourth-order valence-electron chi connectivity index (χ4n) is 4.01. The van der Waals surface area contributed by atoms with Crippen molar-refractivity contribution in [3.63, 3.8) is 0 Å². The van der Waals surface area contributed by atoms with Crippen LogP contribution in [0.4, 0.5) is 4.79 Å². The first kappa shape index (κ1) is 27.6. The second-order valence-corrected chi connectivity index (χ2v) is 10.6. The summed E-state index contributed by atoms with van der Waals surface area (Å²) in [7, 11) is 0. The van der Waals surface area contributed by atoms with Gasteiger partial charge in [0, 0.05) is 23.2 Å². The van der Waals surface area contributed by atoms with E-state index in [1.807, 2.05) is 56.4 Å². The van der Waals surface area contributed by atoms with Gasteiger partial charge in [0.2, 0.25) is 5.91 Å². The number of hydrogen-bond donors (Lipinski definition) is 4. The van der Waals surface area contributed by atoms with E-state index >= 15 is 0 Å². The molecular weight excluding hydrogens is 472 g/mol. The predicted molar refractivity (Wildman–Crippen MR) is 146 cm³/mol. The third kappa shape index (κ3) is 9.59. The highest BCUT2D eigenvalue weighted by atomic mass is 32.2. The summed E-state index contributed by atoms with van der Waals surface area (Å²) in [5.41, 5.74) is 8.39. The first-order chi connectivity index (χ1) is 17.4. The maximum atomic E-state index is 12.8. The summed E-state index contributed by atoms with van der Waals surface area (Å²) in [6.07, 6.45) is 4.17. The smallest absolute Gasteiger partial charge is 0.407 e. The van der Waals surface area contributed by atoms with Crippen molar-refractivity contribution in [1.82, 2.24) is 16.0 Å². The van der Waals surface area contributed by atoms with Crippen LogP contribution in [0.3, 0.4) is 0 Å². The number of amides is 2. The van der Waals surface area contributed by atoms with Crippen molar-refractivity contribution in [1.29, 1.82) is 0 Å². The van der Waals surface area contributed by atoms with E-state index in [0.29, 0.717) is 25.7 Å². The molecule has 8 heteroatoms. The molecule has 2 aromatic carbocycles. The Morgan fingerprint density at radius 1 is 0.944 bits per heavy atom. The average molecular weight is 511 g/mol. The molecule has 36 heavy (non-hydrogen) atoms. The quantitative estimate of drug-likeness (QED) is 0.325. The molecule has 0 unspecified atom stereocenters. The monoisotopic (exact) mass is 510 g/mol. The van der Waals surface area contributed by atoms with Crippen LogP contribution in [-0.2, 0) is 22.4 Å². The van der Waals surface area contributed by atoms with Gasteiger partial charge in [-0.15, -0.1) is 11.8 Å². The number of rotatable bonds is 13. The van der Waals surface area contributed by atoms with Gasteiger partial charge in [-0.3, -0.25) is 4.79 Å². The summed E-state index contributed by atoms with van der Waals surface area (Å²) < 4.78 is 5.45. The van der Waals surface area contributed by atoms with E-state index in [1.165, 1.54) is 0 Å². The van der Waals surface area contributed by atoms with Crippen molar-refractivity contribution >= 4 is 23.8 Å². The van der Waals surface area contributed by atoms with Crippen LogP contribution in [-0.4, -0.2) is 42.6 Å². The summed E-state index contributed by atoms with van der Waals surface area (Å²) in [4.78, 5) is 26.4. The van der Waals surface area contributed by atoms with Gasteiger partial charge in [0.25, 0.3) is 0 Å². The van der Waals surface area contributed by atoms with Gasteiger partial charge in [0.1, 0.15) is 6.61 Å². The Morgan fingerprint density at radius 3 is 2.00 bits per heavy atom. The van der Waals surface area contributed by atoms with E-state index in [-0.39, 0.29) is 30.5 Å². The molecular formula is C28H38N4O3S. The number of hydrogen-bond acceptors (Lipinski definition) is 6. The van der Waals surface area contributed by atoms with E-state index < -0.39 is 12.1 Å². The highest BCUT2D eigenvalue weighted by Crippen LogP contribution is 2.19. The lowest BCUT2D eigenvalue weighted by Gasteiger charge is -2.25. The summed E-state index contributed by atoms with van der Waals surface area (Å²) in [6, 6.07) is 19.4. The van der Waals surface area contributed by atoms with Gasteiger partial charge in [-0.25, -0.2) is 4.79 Å². The first-order valence-corrected chi connectivity index (χ1v) is 13.5. The molecule has 1 aliphatic rings. The minimum absolute atomic E-state index is 0.0491. The number of nitrogens with one attached hydrogen (secondary N) is 3. The molecule has 0 spiro atoms. The number of alkyl carbamates (subject to hydrolysis) is 1. The van der Waals surface area contributed by atoms with Gasteiger partial charge in [-0.2, -0.15) is 0 Å². The zero-order chi connectivity index (χ0) is 25.8. The Kier molecular flexibility index (Phi) is 11.2. The van der Waals surface area contributed by atoms with Gasteiger partial charge >= 0.3 is 6.09 Å². The third-order valence-corrected chi connectivity index (χ3v) is 7.07. The van der Waals surface area contributed by atoms with Crippen molar-refractivity contribution in [2.75, 3.05) is 12.5 Å². The van der Waals surface area contributed by atoms with E-state index in [9.17, 15) is 9.59 Å². The minimum atomic E-state index is -0.561. The first-order valence-electron chi connectivity index (χ1n) is 12.5. The minimum Gasteiger partial charge on any atom is -0.444 e. The topological polar surface area (TPSA) is 105 Å². The lowest BCUT2D eigenvalue weighted by molar-refractivity contribution is -0.124. The van der Waals surface area contributed by atoms with E-state index in [2.05, 4.69) is 40.2 Å². The number of thioether (sulfide) groups is 1. The van der Waals surface area contributed by atoms with Crippen LogP contribution in [0, 0.1) is 5.92 Å². The molecule has 0 radical (unpaired) electrons. The van der Waals surface area contributed by atoms with Crippen LogP contribution in [0.25, 0.3) is 0 Å². The van der Waals surface area contributed by atoms with Crippen molar-refractivity contribution in [2.24, 2.45) is 11.7 Å². The third-order valence-electron chi connectivity index (χ3n) is 6.15. The lowest BCUT2D eigenvalue weighted by Crippen LogP contribution is -2.49. The number of carbonyl (C=O) groups excluding carboxylic acids is 2. The molecule has 194 valence electrons. The standard InChI is InChI=1S/C28H38N4O3S/c1-20(2)26(29)27(33)31-23(15-21-9-5-3-6-10-21)13-14-24(16-22-11-7-4-8-12-22)32-28(34)35-18-25-17-30-19-36-25/h3-12,17,20,23-24,26,30H,13-16,18-19,29H2,1-2H3,(H,31,33)(H,32,34)/t23-,24-,26+/m1/s1. The Hall–Kier alpha value is -2.97. The number of benzene rings is 2. The normalized spacial score (nSPS) is 15.4. The fraction of sp³-hybridized carbons (Fsp3) is 0.429. The van der Waals surface area contributed by atoms with Gasteiger partial charge in [0.05, 0.1) is 11.9 Å². The van der Waals surface area contributed by atoms with Crippen LogP contribution in [0.2, 0.25) is 0 Å². The molecule has 7 nitrogen and oxygen atoms in total. The Labute approximate surface area is 218 Å². The molecule has 0 fully saturated rings. The molecule has 5 N–H and O–H groups in total. The zero-order valence-electron chi connectivity index (χ0n) is 21.1. The molecule has 0 aliphatic carbocycles. The lowest BCUT2D eigenvalue weighted by atomic mass is 9.95. The molecule has 0 saturated carbocycles. The highest BCUT2D eigenvalue weighted by Gasteiger charge is 2.23. The molecule has 2 aromatic rings. The maximum absolute atomic E-state index is 12.8. The van der Waals surface area contributed by atoms with E-state index in [4.69, 9.17) is 10.5 Å². The second kappa shape index (κ2) is 14.6. The Bertz CT molecular complexity index is 985. The largest absolute Gasteiger partial charge is 0.444 e. The van der Waals surface area contributed by atoms with Gasteiger partial charge < -0.3 is 26.4 Å². The van der Waals surface area contributed by atoms with E-state index in [1.54, 1.807) is 11.8 Å². The van der Waals surface area contributed by atoms with Gasteiger partial charge in [0.15, 0.2) is 0 Å². The highest BCUT2D eigenvalue weighted by molar-refractivity contribution is 8.03. The van der Waals surface area contributed by atoms with Gasteiger partial charge in [-0.1, -0.05) is 74.5 Å². The molecule has 0 saturated heterocycles. The predicted octanol–water partition coefficient (Wildman–Crippen LogP) is 3.95. The fourth-order valence-corrected chi connectivity index (χ4v) is 4.67. The summed E-state index contributed by atoms with van der Waals surface area (Å²) in [5.74, 6) is 0.702. The second-order valence-electron chi connectivity index (χ2n) is 9.45. The van der Waals surface area contributed by atoms with Crippen LogP contribution >= 0.6 is 11.8 Å². The maximum Gasteiger partial charge on any atom is 0.407 e. The van der Waals surface area contributed by atoms with Crippen LogP contribution in [0.5, 0.6) is 0 Å². The molecule has 3 atom stereocenters. The molecule has 0 bridgehead atoms. The zero-order valence-corrected chi connectivity index (χ0v) is 21.9. The number of ether oxygens (including phenoxy) is 1. The summed E-state index contributed by atoms with van der Waals surface area (Å²) in [6.45, 7) is 4.14. The molecule has 1 aliphatic heterocycles. The number of carbonyl (C=O) groups is 2. The SMILES string of the molecule is CC(C)[C@H](N)C(=O)N[C@H](CC[C@H](Cc1ccccc1)NC(=O)OCC1=CNCS1)Cc1ccccc1. The van der Waals surface area contributed by atoms with Crippen molar-refractivity contribution in [2.45, 2.75) is 57.7 Å². The van der Waals surface area contributed by atoms with Crippen LogP contribution in [0.1, 0.15) is 37.8 Å². The summed E-state index contributed by atoms with van der Waals surface area (Å²) >= 11 is 1.63. The Morgan fingerprint density at radius 2 is 1.50 bits per heavy atom. The van der Waals surface area contributed by atoms with E-state index in [0.717, 1.165) is 21.9 Å². The van der Waals surface area contributed by atoms with Crippen molar-refractivity contribution < 1.29 is 14.3 Å². The van der Waals surface area contributed by atoms with Crippen molar-refractivity contribution in [3.8, 4) is 0 Å². The number of nitrogens with two attached hydrogens (primary N) is 1. The van der Waals surface area contributed by atoms with Crippen molar-refractivity contribution in [3.05, 3.63) is 82.9 Å². The van der Waals surface area contributed by atoms with Crippen LogP contribution < -0.4 is 21.7 Å². The Balaban J connectivity index is 1.65. The van der Waals surface area contributed by atoms with Gasteiger partial charge in [-0.05, 0) is 42.7 Å².